The predicted molar refractivity (Wildman–Crippen MR) is 157 cm³/mol. The second kappa shape index (κ2) is 11.2. The third kappa shape index (κ3) is 5.09. The van der Waals surface area contributed by atoms with E-state index in [4.69, 9.17) is 14.2 Å². The molecule has 6 nitrogen and oxygen atoms in total. The minimum absolute atomic E-state index is 0.298. The van der Waals surface area contributed by atoms with Gasteiger partial charge in [-0.25, -0.2) is 9.79 Å². The van der Waals surface area contributed by atoms with E-state index in [9.17, 15) is 4.79 Å². The fraction of sp³-hybridized carbons (Fsp3) is 0.241. The summed E-state index contributed by atoms with van der Waals surface area (Å²) in [6.45, 7) is 6.82. The minimum atomic E-state index is -0.377. The van der Waals surface area contributed by atoms with Gasteiger partial charge in [0.1, 0.15) is 6.61 Å². The number of carbonyl (C=O) groups is 1. The van der Waals surface area contributed by atoms with Gasteiger partial charge >= 0.3 is 5.97 Å². The van der Waals surface area contributed by atoms with Crippen LogP contribution in [-0.4, -0.2) is 29.3 Å². The van der Waals surface area contributed by atoms with E-state index < -0.39 is 0 Å². The number of thioether (sulfide) groups is 1. The topological polar surface area (TPSA) is 60.4 Å². The lowest BCUT2D eigenvalue weighted by atomic mass is 9.94. The van der Waals surface area contributed by atoms with Crippen molar-refractivity contribution in [1.82, 2.24) is 4.90 Å². The Kier molecular flexibility index (Phi) is 7.76. The molecule has 37 heavy (non-hydrogen) atoms. The summed E-state index contributed by atoms with van der Waals surface area (Å²) in [6.07, 6.45) is 1.96. The third-order valence-electron chi connectivity index (χ3n) is 6.22. The summed E-state index contributed by atoms with van der Waals surface area (Å²) in [4.78, 5) is 19.7. The molecule has 0 bridgehead atoms. The molecule has 0 radical (unpaired) electrons. The molecule has 0 spiro atoms. The van der Waals surface area contributed by atoms with Gasteiger partial charge in [-0.05, 0) is 82.8 Å². The minimum Gasteiger partial charge on any atom is -0.490 e. The molecule has 3 aromatic carbocycles. The predicted octanol–water partition coefficient (Wildman–Crippen LogP) is 7.19. The van der Waals surface area contributed by atoms with Crippen LogP contribution in [0.5, 0.6) is 11.5 Å². The van der Waals surface area contributed by atoms with E-state index in [1.165, 1.54) is 22.5 Å². The molecule has 0 amide bonds. The number of aliphatic imine (C=N–C) groups is 1. The van der Waals surface area contributed by atoms with Crippen molar-refractivity contribution in [3.05, 3.63) is 92.2 Å². The van der Waals surface area contributed by atoms with Crippen LogP contribution in [0.25, 0.3) is 10.8 Å². The van der Waals surface area contributed by atoms with Crippen molar-refractivity contribution in [1.29, 1.82) is 0 Å². The van der Waals surface area contributed by atoms with Gasteiger partial charge in [-0.1, -0.05) is 54.2 Å². The van der Waals surface area contributed by atoms with E-state index in [1.54, 1.807) is 0 Å². The quantitative estimate of drug-likeness (QED) is 0.195. The highest BCUT2D eigenvalue weighted by Crippen LogP contribution is 2.44. The van der Waals surface area contributed by atoms with Crippen LogP contribution in [0.4, 0.5) is 0 Å². The lowest BCUT2D eigenvalue weighted by Crippen LogP contribution is -2.34. The first-order valence-electron chi connectivity index (χ1n) is 12.2. The van der Waals surface area contributed by atoms with Crippen molar-refractivity contribution < 1.29 is 19.0 Å². The first kappa shape index (κ1) is 25.7. The molecule has 0 N–H and O–H groups in total. The van der Waals surface area contributed by atoms with Crippen molar-refractivity contribution in [3.63, 3.8) is 0 Å². The SMILES string of the molecule is CCOC(=O)C1=C(C)N=C2SC=CN2[C@@H]1c1cc(I)c(OCc2cccc3ccccc23)c(OCC)c1. The van der Waals surface area contributed by atoms with Crippen LogP contribution in [0.1, 0.15) is 37.9 Å². The summed E-state index contributed by atoms with van der Waals surface area (Å²) >= 11 is 3.82. The maximum atomic E-state index is 13.0. The molecule has 0 saturated carbocycles. The van der Waals surface area contributed by atoms with Crippen molar-refractivity contribution in [2.75, 3.05) is 13.2 Å². The Morgan fingerprint density at radius 2 is 1.89 bits per heavy atom. The maximum Gasteiger partial charge on any atom is 0.338 e. The summed E-state index contributed by atoms with van der Waals surface area (Å²) in [7, 11) is 0. The number of fused-ring (bicyclic) bond motifs is 2. The zero-order valence-electron chi connectivity index (χ0n) is 20.9. The van der Waals surface area contributed by atoms with Gasteiger partial charge in [-0.3, -0.25) is 0 Å². The van der Waals surface area contributed by atoms with Gasteiger partial charge in [0.25, 0.3) is 0 Å². The van der Waals surface area contributed by atoms with E-state index in [2.05, 4.69) is 57.9 Å². The molecule has 2 aliphatic heterocycles. The number of rotatable bonds is 8. The Labute approximate surface area is 234 Å². The molecule has 0 fully saturated rings. The van der Waals surface area contributed by atoms with Gasteiger partial charge in [0.05, 0.1) is 34.1 Å². The molecule has 3 aromatic rings. The van der Waals surface area contributed by atoms with E-state index in [1.807, 2.05) is 61.5 Å². The van der Waals surface area contributed by atoms with Gasteiger partial charge < -0.3 is 19.1 Å². The number of ether oxygens (including phenoxy) is 3. The van der Waals surface area contributed by atoms with Crippen LogP contribution in [-0.2, 0) is 16.1 Å². The van der Waals surface area contributed by atoms with Gasteiger partial charge in [-0.15, -0.1) is 0 Å². The van der Waals surface area contributed by atoms with Crippen LogP contribution >= 0.6 is 34.4 Å². The van der Waals surface area contributed by atoms with Crippen molar-refractivity contribution in [3.8, 4) is 11.5 Å². The molecule has 0 saturated heterocycles. The van der Waals surface area contributed by atoms with Gasteiger partial charge in [0.15, 0.2) is 16.7 Å². The number of nitrogens with zero attached hydrogens (tertiary/aromatic N) is 2. The highest BCUT2D eigenvalue weighted by Gasteiger charge is 2.38. The Balaban J connectivity index is 1.53. The average Bonchev–Trinajstić information content (AvgIpc) is 3.35. The highest BCUT2D eigenvalue weighted by atomic mass is 127. The molecular formula is C29H27IN2O4S. The molecule has 5 rings (SSSR count). The summed E-state index contributed by atoms with van der Waals surface area (Å²) in [6, 6.07) is 18.2. The molecule has 2 heterocycles. The van der Waals surface area contributed by atoms with Gasteiger partial charge in [0.2, 0.25) is 0 Å². The van der Waals surface area contributed by atoms with Crippen LogP contribution < -0.4 is 9.47 Å². The maximum absolute atomic E-state index is 13.0. The number of amidine groups is 1. The second-order valence-electron chi connectivity index (χ2n) is 8.52. The molecule has 190 valence electrons. The Hall–Kier alpha value is -2.98. The van der Waals surface area contributed by atoms with Crippen molar-refractivity contribution >= 4 is 56.3 Å². The lowest BCUT2D eigenvalue weighted by Gasteiger charge is -2.33. The molecule has 2 aliphatic rings. The molecular weight excluding hydrogens is 599 g/mol. The Morgan fingerprint density at radius 3 is 2.70 bits per heavy atom. The smallest absolute Gasteiger partial charge is 0.338 e. The Morgan fingerprint density at radius 1 is 1.08 bits per heavy atom. The monoisotopic (exact) mass is 626 g/mol. The Bertz CT molecular complexity index is 1440. The van der Waals surface area contributed by atoms with Crippen LogP contribution in [0.2, 0.25) is 0 Å². The molecule has 0 aliphatic carbocycles. The summed E-state index contributed by atoms with van der Waals surface area (Å²) < 4.78 is 18.8. The second-order valence-corrected chi connectivity index (χ2v) is 10.6. The number of hydrogen-bond acceptors (Lipinski definition) is 7. The number of carbonyl (C=O) groups excluding carboxylic acids is 1. The number of benzene rings is 3. The first-order chi connectivity index (χ1) is 18.0. The third-order valence-corrected chi connectivity index (χ3v) is 7.79. The first-order valence-corrected chi connectivity index (χ1v) is 14.1. The zero-order chi connectivity index (χ0) is 25.9. The standard InChI is InChI=1S/C29H27IN2O4S/c1-4-34-24-16-21(26-25(28(33)35-5-2)18(3)31-29-32(26)13-14-37-29)15-23(30)27(24)36-17-20-11-8-10-19-9-6-7-12-22(19)20/h6-16,26H,4-5,17H2,1-3H3/t26-/m1/s1. The largest absolute Gasteiger partial charge is 0.490 e. The average molecular weight is 627 g/mol. The van der Waals surface area contributed by atoms with Crippen LogP contribution in [0.3, 0.4) is 0 Å². The highest BCUT2D eigenvalue weighted by molar-refractivity contribution is 14.1. The molecule has 8 heteroatoms. The number of allylic oxidation sites excluding steroid dienone is 1. The zero-order valence-corrected chi connectivity index (χ0v) is 23.8. The van der Waals surface area contributed by atoms with Crippen molar-refractivity contribution in [2.45, 2.75) is 33.4 Å². The number of esters is 1. The lowest BCUT2D eigenvalue weighted by molar-refractivity contribution is -0.139. The fourth-order valence-electron chi connectivity index (χ4n) is 4.62. The summed E-state index contributed by atoms with van der Waals surface area (Å²) in [5.41, 5.74) is 3.21. The molecule has 0 unspecified atom stereocenters. The summed E-state index contributed by atoms with van der Waals surface area (Å²) in [5, 5.41) is 5.16. The van der Waals surface area contributed by atoms with E-state index in [0.717, 1.165) is 19.9 Å². The fourth-order valence-corrected chi connectivity index (χ4v) is 6.19. The van der Waals surface area contributed by atoms with E-state index in [-0.39, 0.29) is 12.0 Å². The number of hydrogen-bond donors (Lipinski definition) is 0. The van der Waals surface area contributed by atoms with Crippen molar-refractivity contribution in [2.24, 2.45) is 4.99 Å². The number of halogens is 1. The normalized spacial score (nSPS) is 16.6. The van der Waals surface area contributed by atoms with Gasteiger partial charge in [0, 0.05) is 6.20 Å². The molecule has 0 aromatic heterocycles. The van der Waals surface area contributed by atoms with E-state index >= 15 is 0 Å². The van der Waals surface area contributed by atoms with E-state index in [0.29, 0.717) is 42.6 Å². The van der Waals surface area contributed by atoms with Gasteiger partial charge in [-0.2, -0.15) is 0 Å². The van der Waals surface area contributed by atoms with Crippen LogP contribution in [0.15, 0.2) is 82.5 Å². The summed E-state index contributed by atoms with van der Waals surface area (Å²) in [5.74, 6) is 0.973. The van der Waals surface area contributed by atoms with Crippen LogP contribution in [0, 0.1) is 3.57 Å². The molecule has 1 atom stereocenters.